The molecule has 0 fully saturated rings. The molecule has 0 aliphatic carbocycles. The van der Waals surface area contributed by atoms with Gasteiger partial charge in [-0.15, -0.1) is 0 Å². The molecule has 8 heteroatoms. The lowest BCUT2D eigenvalue weighted by Gasteiger charge is -2.05. The molecule has 0 atom stereocenters. The van der Waals surface area contributed by atoms with Gasteiger partial charge in [0.2, 0.25) is 0 Å². The number of aryl methyl sites for hydroxylation is 1. The Kier molecular flexibility index (Phi) is 4.75. The fourth-order valence-electron chi connectivity index (χ4n) is 2.86. The molecule has 2 heterocycles. The van der Waals surface area contributed by atoms with Gasteiger partial charge >= 0.3 is 0 Å². The number of fused-ring (bicyclic) bond motifs is 1. The monoisotopic (exact) mass is 398 g/mol. The number of nitrogens with zero attached hydrogens (tertiary/aromatic N) is 3. The molecule has 1 aliphatic heterocycles. The van der Waals surface area contributed by atoms with Crippen LogP contribution in [0.5, 0.6) is 0 Å². The molecular formula is C19H18N4O2S2. The fourth-order valence-corrected chi connectivity index (χ4v) is 4.61. The largest absolute Gasteiger partial charge is 0.317 e. The second kappa shape index (κ2) is 7.21. The van der Waals surface area contributed by atoms with Gasteiger partial charge in [-0.3, -0.25) is 0 Å². The maximum Gasteiger partial charge on any atom is 0.276 e. The lowest BCUT2D eigenvalue weighted by atomic mass is 10.1. The van der Waals surface area contributed by atoms with Crippen molar-refractivity contribution in [1.29, 1.82) is 0 Å². The minimum Gasteiger partial charge on any atom is -0.317 e. The van der Waals surface area contributed by atoms with Gasteiger partial charge in [-0.1, -0.05) is 59.8 Å². The number of imidazole rings is 1. The molecule has 0 radical (unpaired) electrons. The number of hydrogen-bond donors (Lipinski definition) is 1. The molecule has 1 aromatic heterocycles. The number of hydrogen-bond acceptors (Lipinski definition) is 5. The average Bonchev–Trinajstić information content (AvgIpc) is 3.25. The summed E-state index contributed by atoms with van der Waals surface area (Å²) < 4.78 is 26.9. The van der Waals surface area contributed by atoms with Gasteiger partial charge < -0.3 is 4.57 Å². The molecule has 1 N–H and O–H groups in total. The summed E-state index contributed by atoms with van der Waals surface area (Å²) in [6.45, 7) is 2.73. The summed E-state index contributed by atoms with van der Waals surface area (Å²) in [5.41, 5.74) is 3.57. The lowest BCUT2D eigenvalue weighted by Crippen LogP contribution is -2.18. The van der Waals surface area contributed by atoms with E-state index >= 15 is 0 Å². The van der Waals surface area contributed by atoms with Crippen LogP contribution in [0.25, 0.3) is 11.3 Å². The predicted molar refractivity (Wildman–Crippen MR) is 107 cm³/mol. The Morgan fingerprint density at radius 3 is 2.63 bits per heavy atom. The van der Waals surface area contributed by atoms with Crippen molar-refractivity contribution in [3.8, 4) is 11.3 Å². The molecule has 0 amide bonds. The minimum atomic E-state index is -3.70. The van der Waals surface area contributed by atoms with Crippen LogP contribution >= 0.6 is 11.8 Å². The third kappa shape index (κ3) is 3.63. The van der Waals surface area contributed by atoms with Gasteiger partial charge in [-0.2, -0.15) is 13.5 Å². The quantitative estimate of drug-likeness (QED) is 0.529. The smallest absolute Gasteiger partial charge is 0.276 e. The molecule has 0 saturated carbocycles. The van der Waals surface area contributed by atoms with Crippen molar-refractivity contribution in [3.63, 3.8) is 0 Å². The highest BCUT2D eigenvalue weighted by molar-refractivity contribution is 7.99. The molecular weight excluding hydrogens is 380 g/mol. The zero-order valence-corrected chi connectivity index (χ0v) is 16.3. The highest BCUT2D eigenvalue weighted by Gasteiger charge is 2.21. The molecule has 138 valence electrons. The van der Waals surface area contributed by atoms with E-state index in [1.165, 1.54) is 6.21 Å². The van der Waals surface area contributed by atoms with Crippen LogP contribution in [-0.2, 0) is 16.6 Å². The van der Waals surface area contributed by atoms with Gasteiger partial charge in [0.25, 0.3) is 10.0 Å². The van der Waals surface area contributed by atoms with Crippen LogP contribution in [0.15, 0.2) is 69.8 Å². The Balaban J connectivity index is 1.63. The number of hydrazone groups is 1. The van der Waals surface area contributed by atoms with E-state index in [0.29, 0.717) is 0 Å². The highest BCUT2D eigenvalue weighted by atomic mass is 32.2. The third-order valence-electron chi connectivity index (χ3n) is 4.26. The molecule has 27 heavy (non-hydrogen) atoms. The Hall–Kier alpha value is -2.58. The van der Waals surface area contributed by atoms with Gasteiger partial charge in [-0.05, 0) is 19.1 Å². The van der Waals surface area contributed by atoms with Gasteiger partial charge in [-0.25, -0.2) is 9.82 Å². The molecule has 6 nitrogen and oxygen atoms in total. The maximum absolute atomic E-state index is 12.4. The number of rotatable bonds is 5. The van der Waals surface area contributed by atoms with E-state index in [2.05, 4.69) is 14.5 Å². The van der Waals surface area contributed by atoms with Gasteiger partial charge in [0, 0.05) is 17.9 Å². The standard InChI is InChI=1S/C19H18N4O2S2/c1-14-7-9-16(10-8-14)27(24,25)22-20-13-17-18(15-5-3-2-4-6-15)21-19-23(17)11-12-26-19/h2-10,13,22H,11-12H2,1H3/b20-13+. The molecule has 0 spiro atoms. The Morgan fingerprint density at radius 2 is 1.89 bits per heavy atom. The van der Waals surface area contributed by atoms with E-state index in [-0.39, 0.29) is 4.90 Å². The molecule has 3 aromatic rings. The van der Waals surface area contributed by atoms with Crippen LogP contribution in [0.4, 0.5) is 0 Å². The summed E-state index contributed by atoms with van der Waals surface area (Å²) in [6.07, 6.45) is 1.54. The average molecular weight is 399 g/mol. The summed E-state index contributed by atoms with van der Waals surface area (Å²) in [5, 5.41) is 4.94. The van der Waals surface area contributed by atoms with E-state index in [4.69, 9.17) is 4.98 Å². The van der Waals surface area contributed by atoms with Crippen LogP contribution in [0.1, 0.15) is 11.3 Å². The second-order valence-corrected chi connectivity index (χ2v) is 8.88. The molecule has 0 bridgehead atoms. The van der Waals surface area contributed by atoms with Gasteiger partial charge in [0.15, 0.2) is 5.16 Å². The molecule has 0 saturated heterocycles. The number of sulfonamides is 1. The Bertz CT molecular complexity index is 1090. The number of thioether (sulfide) groups is 1. The second-order valence-electron chi connectivity index (χ2n) is 6.16. The fraction of sp³-hybridized carbons (Fsp3) is 0.158. The van der Waals surface area contributed by atoms with Crippen molar-refractivity contribution in [1.82, 2.24) is 14.4 Å². The molecule has 0 unspecified atom stereocenters. The summed E-state index contributed by atoms with van der Waals surface area (Å²) in [6, 6.07) is 16.5. The predicted octanol–water partition coefficient (Wildman–Crippen LogP) is 3.28. The first-order valence-electron chi connectivity index (χ1n) is 8.45. The molecule has 4 rings (SSSR count). The SMILES string of the molecule is Cc1ccc(S(=O)(=O)N/N=C/c2c(-c3ccccc3)nc3n2CCS3)cc1. The van der Waals surface area contributed by atoms with Crippen molar-refractivity contribution >= 4 is 28.0 Å². The van der Waals surface area contributed by atoms with Crippen LogP contribution in [0.2, 0.25) is 0 Å². The topological polar surface area (TPSA) is 76.3 Å². The summed E-state index contributed by atoms with van der Waals surface area (Å²) in [7, 11) is -3.70. The van der Waals surface area contributed by atoms with Gasteiger partial charge in [0.05, 0.1) is 22.5 Å². The van der Waals surface area contributed by atoms with E-state index in [9.17, 15) is 8.42 Å². The van der Waals surface area contributed by atoms with Crippen molar-refractivity contribution in [3.05, 3.63) is 65.9 Å². The first-order valence-corrected chi connectivity index (χ1v) is 10.9. The van der Waals surface area contributed by atoms with Gasteiger partial charge in [0.1, 0.15) is 0 Å². The lowest BCUT2D eigenvalue weighted by molar-refractivity contribution is 0.584. The van der Waals surface area contributed by atoms with E-state index in [1.807, 2.05) is 37.3 Å². The summed E-state index contributed by atoms with van der Waals surface area (Å²) in [5.74, 6) is 0.952. The normalized spacial score (nSPS) is 13.8. The van der Waals surface area contributed by atoms with Crippen molar-refractivity contribution < 1.29 is 8.42 Å². The Labute approximate surface area is 162 Å². The number of nitrogens with one attached hydrogen (secondary N) is 1. The third-order valence-corrected chi connectivity index (χ3v) is 6.45. The first-order chi connectivity index (χ1) is 13.0. The van der Waals surface area contributed by atoms with E-state index in [0.717, 1.165) is 40.0 Å². The number of benzene rings is 2. The Morgan fingerprint density at radius 1 is 1.15 bits per heavy atom. The maximum atomic E-state index is 12.4. The van der Waals surface area contributed by atoms with E-state index < -0.39 is 10.0 Å². The van der Waals surface area contributed by atoms with E-state index in [1.54, 1.807) is 36.0 Å². The zero-order chi connectivity index (χ0) is 18.9. The highest BCUT2D eigenvalue weighted by Crippen LogP contribution is 2.32. The molecule has 1 aliphatic rings. The summed E-state index contributed by atoms with van der Waals surface area (Å²) >= 11 is 1.69. The zero-order valence-electron chi connectivity index (χ0n) is 14.7. The van der Waals surface area contributed by atoms with Crippen LogP contribution in [0.3, 0.4) is 0 Å². The minimum absolute atomic E-state index is 0.183. The van der Waals surface area contributed by atoms with Crippen LogP contribution in [-0.4, -0.2) is 29.9 Å². The van der Waals surface area contributed by atoms with Crippen molar-refractivity contribution in [2.24, 2.45) is 5.10 Å². The van der Waals surface area contributed by atoms with Crippen LogP contribution in [0, 0.1) is 6.92 Å². The summed E-state index contributed by atoms with van der Waals surface area (Å²) in [4.78, 5) is 7.18. The van der Waals surface area contributed by atoms with Crippen LogP contribution < -0.4 is 4.83 Å². The number of aromatic nitrogens is 2. The molecule has 2 aromatic carbocycles. The van der Waals surface area contributed by atoms with Crippen molar-refractivity contribution in [2.75, 3.05) is 5.75 Å². The first kappa shape index (κ1) is 17.8. The van der Waals surface area contributed by atoms with Crippen molar-refractivity contribution in [2.45, 2.75) is 23.5 Å².